The monoisotopic (exact) mass is 290 g/mol. The Morgan fingerprint density at radius 2 is 2.00 bits per heavy atom. The standard InChI is InChI=1S/C15H15ClN2O2/c1-2-18-15(19)10-7-8-12(17)14(9-10)20-13-6-4-3-5-11(13)16/h3-9H,2,17H2,1H3,(H,18,19). The molecule has 104 valence electrons. The molecule has 0 aliphatic heterocycles. The number of para-hydroxylation sites is 1. The van der Waals surface area contributed by atoms with Gasteiger partial charge in [-0.05, 0) is 37.3 Å². The van der Waals surface area contributed by atoms with Crippen molar-refractivity contribution in [2.75, 3.05) is 12.3 Å². The second-order valence-electron chi connectivity index (χ2n) is 4.14. The average Bonchev–Trinajstić information content (AvgIpc) is 2.44. The van der Waals surface area contributed by atoms with E-state index in [9.17, 15) is 4.79 Å². The van der Waals surface area contributed by atoms with Gasteiger partial charge in [-0.3, -0.25) is 4.79 Å². The van der Waals surface area contributed by atoms with Gasteiger partial charge in [-0.2, -0.15) is 0 Å². The van der Waals surface area contributed by atoms with E-state index in [0.29, 0.717) is 34.3 Å². The lowest BCUT2D eigenvalue weighted by molar-refractivity contribution is 0.0955. The number of ether oxygens (including phenoxy) is 1. The number of rotatable bonds is 4. The minimum absolute atomic E-state index is 0.170. The number of nitrogen functional groups attached to an aromatic ring is 1. The lowest BCUT2D eigenvalue weighted by Gasteiger charge is -2.11. The van der Waals surface area contributed by atoms with Crippen molar-refractivity contribution in [3.8, 4) is 11.5 Å². The Morgan fingerprint density at radius 3 is 2.70 bits per heavy atom. The quantitative estimate of drug-likeness (QED) is 0.848. The highest BCUT2D eigenvalue weighted by Gasteiger charge is 2.10. The fourth-order valence-electron chi connectivity index (χ4n) is 1.67. The first-order valence-corrected chi connectivity index (χ1v) is 6.59. The smallest absolute Gasteiger partial charge is 0.251 e. The Hall–Kier alpha value is -2.20. The van der Waals surface area contributed by atoms with Gasteiger partial charge in [0.05, 0.1) is 10.7 Å². The van der Waals surface area contributed by atoms with Crippen LogP contribution >= 0.6 is 11.6 Å². The van der Waals surface area contributed by atoms with Crippen LogP contribution in [0.3, 0.4) is 0 Å². The van der Waals surface area contributed by atoms with Gasteiger partial charge in [0.1, 0.15) is 5.75 Å². The largest absolute Gasteiger partial charge is 0.454 e. The number of hydrogen-bond acceptors (Lipinski definition) is 3. The van der Waals surface area contributed by atoms with E-state index < -0.39 is 0 Å². The van der Waals surface area contributed by atoms with Gasteiger partial charge in [0.2, 0.25) is 0 Å². The minimum Gasteiger partial charge on any atom is -0.454 e. The molecular formula is C15H15ClN2O2. The summed E-state index contributed by atoms with van der Waals surface area (Å²) in [5, 5.41) is 3.20. The number of carbonyl (C=O) groups excluding carboxylic acids is 1. The molecule has 1 amide bonds. The van der Waals surface area contributed by atoms with E-state index in [1.165, 1.54) is 0 Å². The lowest BCUT2D eigenvalue weighted by Crippen LogP contribution is -2.22. The fourth-order valence-corrected chi connectivity index (χ4v) is 1.85. The normalized spacial score (nSPS) is 10.1. The number of nitrogens with one attached hydrogen (secondary N) is 1. The van der Waals surface area contributed by atoms with Gasteiger partial charge < -0.3 is 15.8 Å². The molecule has 0 spiro atoms. The molecule has 0 unspecified atom stereocenters. The van der Waals surface area contributed by atoms with E-state index in [-0.39, 0.29) is 5.91 Å². The molecule has 2 rings (SSSR count). The van der Waals surface area contributed by atoms with E-state index in [0.717, 1.165) is 0 Å². The summed E-state index contributed by atoms with van der Waals surface area (Å²) in [7, 11) is 0. The average molecular weight is 291 g/mol. The Morgan fingerprint density at radius 1 is 1.25 bits per heavy atom. The van der Waals surface area contributed by atoms with Crippen LogP contribution in [0.1, 0.15) is 17.3 Å². The SMILES string of the molecule is CCNC(=O)c1ccc(N)c(Oc2ccccc2Cl)c1. The number of nitrogens with two attached hydrogens (primary N) is 1. The molecule has 0 heterocycles. The number of anilines is 1. The van der Waals surface area contributed by atoms with Gasteiger partial charge in [-0.25, -0.2) is 0 Å². The van der Waals surface area contributed by atoms with E-state index in [4.69, 9.17) is 22.1 Å². The maximum Gasteiger partial charge on any atom is 0.251 e. The van der Waals surface area contributed by atoms with Crippen LogP contribution in [0.4, 0.5) is 5.69 Å². The van der Waals surface area contributed by atoms with E-state index in [1.54, 1.807) is 30.3 Å². The molecule has 20 heavy (non-hydrogen) atoms. The number of hydrogen-bond donors (Lipinski definition) is 2. The van der Waals surface area contributed by atoms with E-state index in [2.05, 4.69) is 5.32 Å². The predicted octanol–water partition coefficient (Wildman–Crippen LogP) is 3.46. The maximum atomic E-state index is 11.8. The third kappa shape index (κ3) is 3.22. The topological polar surface area (TPSA) is 64.4 Å². The molecule has 0 aliphatic rings. The second-order valence-corrected chi connectivity index (χ2v) is 4.55. The Kier molecular flexibility index (Phi) is 4.48. The molecule has 0 bridgehead atoms. The number of halogens is 1. The third-order valence-corrected chi connectivity index (χ3v) is 2.98. The van der Waals surface area contributed by atoms with Crippen LogP contribution < -0.4 is 15.8 Å². The van der Waals surface area contributed by atoms with Crippen molar-refractivity contribution >= 4 is 23.2 Å². The van der Waals surface area contributed by atoms with E-state index >= 15 is 0 Å². The molecule has 0 atom stereocenters. The summed E-state index contributed by atoms with van der Waals surface area (Å²) in [6.45, 7) is 2.42. The summed E-state index contributed by atoms with van der Waals surface area (Å²) >= 11 is 6.03. The van der Waals surface area contributed by atoms with Gasteiger partial charge in [0, 0.05) is 12.1 Å². The van der Waals surface area contributed by atoms with Gasteiger partial charge >= 0.3 is 0 Å². The van der Waals surface area contributed by atoms with Crippen LogP contribution in [-0.2, 0) is 0 Å². The first-order chi connectivity index (χ1) is 9.61. The van der Waals surface area contributed by atoms with Crippen LogP contribution in [0.15, 0.2) is 42.5 Å². The summed E-state index contributed by atoms with van der Waals surface area (Å²) in [5.41, 5.74) is 6.79. The maximum absolute atomic E-state index is 11.8. The molecule has 0 fully saturated rings. The highest BCUT2D eigenvalue weighted by molar-refractivity contribution is 6.32. The van der Waals surface area contributed by atoms with Gasteiger partial charge in [-0.15, -0.1) is 0 Å². The van der Waals surface area contributed by atoms with Crippen molar-refractivity contribution in [1.29, 1.82) is 0 Å². The van der Waals surface area contributed by atoms with Gasteiger partial charge in [-0.1, -0.05) is 23.7 Å². The van der Waals surface area contributed by atoms with Gasteiger partial charge in [0.25, 0.3) is 5.91 Å². The highest BCUT2D eigenvalue weighted by Crippen LogP contribution is 2.32. The number of carbonyl (C=O) groups is 1. The van der Waals surface area contributed by atoms with Crippen LogP contribution in [0, 0.1) is 0 Å². The summed E-state index contributed by atoms with van der Waals surface area (Å²) in [4.78, 5) is 11.8. The zero-order valence-corrected chi connectivity index (χ0v) is 11.8. The van der Waals surface area contributed by atoms with Crippen LogP contribution in [0.5, 0.6) is 11.5 Å². The van der Waals surface area contributed by atoms with Crippen molar-refractivity contribution in [3.63, 3.8) is 0 Å². The van der Waals surface area contributed by atoms with Crippen molar-refractivity contribution < 1.29 is 9.53 Å². The molecule has 0 aliphatic carbocycles. The fraction of sp³-hybridized carbons (Fsp3) is 0.133. The number of amides is 1. The first kappa shape index (κ1) is 14.2. The molecule has 2 aromatic rings. The molecule has 3 N–H and O–H groups in total. The van der Waals surface area contributed by atoms with E-state index in [1.807, 2.05) is 19.1 Å². The minimum atomic E-state index is -0.170. The van der Waals surface area contributed by atoms with Crippen LogP contribution in [0.25, 0.3) is 0 Å². The second kappa shape index (κ2) is 6.30. The summed E-state index contributed by atoms with van der Waals surface area (Å²) in [5.74, 6) is 0.729. The van der Waals surface area contributed by atoms with Crippen molar-refractivity contribution in [3.05, 3.63) is 53.1 Å². The molecule has 2 aromatic carbocycles. The van der Waals surface area contributed by atoms with Crippen molar-refractivity contribution in [2.45, 2.75) is 6.92 Å². The van der Waals surface area contributed by atoms with Crippen molar-refractivity contribution in [2.24, 2.45) is 0 Å². The molecule has 0 saturated carbocycles. The Bertz CT molecular complexity index is 629. The molecule has 0 saturated heterocycles. The highest BCUT2D eigenvalue weighted by atomic mass is 35.5. The third-order valence-electron chi connectivity index (χ3n) is 2.67. The molecular weight excluding hydrogens is 276 g/mol. The predicted molar refractivity (Wildman–Crippen MR) is 80.4 cm³/mol. The Balaban J connectivity index is 2.30. The van der Waals surface area contributed by atoms with Crippen LogP contribution in [0.2, 0.25) is 5.02 Å². The summed E-state index contributed by atoms with van der Waals surface area (Å²) < 4.78 is 5.67. The van der Waals surface area contributed by atoms with Crippen molar-refractivity contribution in [1.82, 2.24) is 5.32 Å². The molecule has 5 heteroatoms. The summed E-state index contributed by atoms with van der Waals surface area (Å²) in [6, 6.07) is 12.0. The summed E-state index contributed by atoms with van der Waals surface area (Å²) in [6.07, 6.45) is 0. The molecule has 0 radical (unpaired) electrons. The lowest BCUT2D eigenvalue weighted by atomic mass is 10.1. The van der Waals surface area contributed by atoms with Crippen LogP contribution in [-0.4, -0.2) is 12.5 Å². The zero-order valence-electron chi connectivity index (χ0n) is 11.0. The van der Waals surface area contributed by atoms with Gasteiger partial charge in [0.15, 0.2) is 5.75 Å². The molecule has 4 nitrogen and oxygen atoms in total. The molecule has 0 aromatic heterocycles. The Labute approximate surface area is 122 Å². The first-order valence-electron chi connectivity index (χ1n) is 6.22. The number of benzene rings is 2. The zero-order chi connectivity index (χ0) is 14.5.